The molecule has 0 aliphatic rings. The summed E-state index contributed by atoms with van der Waals surface area (Å²) in [5.41, 5.74) is 5.78. The minimum atomic E-state index is -0.448. The third-order valence-electron chi connectivity index (χ3n) is 6.19. The number of H-pyrrole nitrogens is 1. The molecular weight excluding hydrogens is 506 g/mol. The molecule has 0 saturated heterocycles. The van der Waals surface area contributed by atoms with E-state index in [9.17, 15) is 9.59 Å². The number of benzene rings is 2. The van der Waals surface area contributed by atoms with Gasteiger partial charge in [0.25, 0.3) is 11.5 Å². The molecule has 5 rings (SSSR count). The first-order valence-corrected chi connectivity index (χ1v) is 13.6. The van der Waals surface area contributed by atoms with Crippen molar-refractivity contribution in [3.63, 3.8) is 0 Å². The van der Waals surface area contributed by atoms with E-state index in [1.807, 2.05) is 30.3 Å². The molecule has 2 aromatic carbocycles. The Morgan fingerprint density at radius 2 is 1.85 bits per heavy atom. The fraction of sp³-hybridized carbons (Fsp3) is 0.161. The largest absolute Gasteiger partial charge is 0.354 e. The second-order valence-electron chi connectivity index (χ2n) is 9.38. The van der Waals surface area contributed by atoms with E-state index in [0.717, 1.165) is 56.3 Å². The maximum absolute atomic E-state index is 12.7. The van der Waals surface area contributed by atoms with E-state index >= 15 is 0 Å². The molecule has 0 atom stereocenters. The first-order chi connectivity index (χ1) is 18.9. The van der Waals surface area contributed by atoms with Crippen molar-refractivity contribution in [3.8, 4) is 0 Å². The van der Waals surface area contributed by atoms with E-state index in [4.69, 9.17) is 4.98 Å². The molecule has 0 fully saturated rings. The molecule has 3 aromatic heterocycles. The Labute approximate surface area is 231 Å². The lowest BCUT2D eigenvalue weighted by Gasteiger charge is -2.15. The number of hydrogen-bond donors (Lipinski definition) is 3. The first-order valence-electron chi connectivity index (χ1n) is 12.8. The summed E-state index contributed by atoms with van der Waals surface area (Å²) >= 11 is 1.59. The smallest absolute Gasteiger partial charge is 0.261 e. The van der Waals surface area contributed by atoms with Crippen molar-refractivity contribution in [2.45, 2.75) is 43.4 Å². The molecule has 0 saturated carbocycles. The summed E-state index contributed by atoms with van der Waals surface area (Å²) in [5, 5.41) is 7.40. The van der Waals surface area contributed by atoms with Gasteiger partial charge in [0.2, 0.25) is 0 Å². The predicted octanol–water partition coefficient (Wildman–Crippen LogP) is 7.03. The Morgan fingerprint density at radius 1 is 0.974 bits per heavy atom. The second kappa shape index (κ2) is 11.5. The number of aromatic amines is 1. The standard InChI is InChI=1S/C31H29N5O2S/c1-4-6-21-11-13-24-26(15-16-32-29(24)34-21)36-27-17-19(2)9-14-28(27)39-23-8-5-7-22(18-23)35-31(38)25-12-10-20(3)33-30(25)37/h5,7-18H,4,6H2,1-3H3,(H,33,37)(H,35,38)(H,32,34,36). The van der Waals surface area contributed by atoms with Crippen LogP contribution in [0.2, 0.25) is 0 Å². The maximum atomic E-state index is 12.7. The Hall–Kier alpha value is -4.43. The van der Waals surface area contributed by atoms with Crippen LogP contribution in [0.3, 0.4) is 0 Å². The van der Waals surface area contributed by atoms with Gasteiger partial charge in [0.1, 0.15) is 5.56 Å². The summed E-state index contributed by atoms with van der Waals surface area (Å²) in [5.74, 6) is -0.448. The monoisotopic (exact) mass is 535 g/mol. The number of carbonyl (C=O) groups is 1. The van der Waals surface area contributed by atoms with Crippen LogP contribution >= 0.6 is 11.8 Å². The molecule has 0 aliphatic heterocycles. The normalized spacial score (nSPS) is 10.9. The number of fused-ring (bicyclic) bond motifs is 1. The van der Waals surface area contributed by atoms with Crippen LogP contribution < -0.4 is 16.2 Å². The highest BCUT2D eigenvalue weighted by Gasteiger charge is 2.13. The highest BCUT2D eigenvalue weighted by molar-refractivity contribution is 7.99. The number of hydrogen-bond acceptors (Lipinski definition) is 6. The van der Waals surface area contributed by atoms with Crippen LogP contribution in [0.5, 0.6) is 0 Å². The van der Waals surface area contributed by atoms with Gasteiger partial charge in [-0.3, -0.25) is 9.59 Å². The lowest BCUT2D eigenvalue weighted by molar-refractivity contribution is 0.102. The summed E-state index contributed by atoms with van der Waals surface area (Å²) in [6, 6.07) is 23.2. The zero-order valence-electron chi connectivity index (χ0n) is 22.0. The Bertz CT molecular complexity index is 1730. The Morgan fingerprint density at radius 3 is 2.67 bits per heavy atom. The van der Waals surface area contributed by atoms with Crippen molar-refractivity contribution in [2.24, 2.45) is 0 Å². The third kappa shape index (κ3) is 6.18. The molecule has 1 amide bonds. The third-order valence-corrected chi connectivity index (χ3v) is 7.26. The number of anilines is 3. The highest BCUT2D eigenvalue weighted by atomic mass is 32.2. The summed E-state index contributed by atoms with van der Waals surface area (Å²) in [7, 11) is 0. The molecule has 0 bridgehead atoms. The van der Waals surface area contributed by atoms with Crippen molar-refractivity contribution in [1.82, 2.24) is 15.0 Å². The van der Waals surface area contributed by atoms with E-state index in [2.05, 4.69) is 64.8 Å². The summed E-state index contributed by atoms with van der Waals surface area (Å²) < 4.78 is 0. The van der Waals surface area contributed by atoms with Gasteiger partial charge in [-0.25, -0.2) is 9.97 Å². The zero-order chi connectivity index (χ0) is 27.4. The van der Waals surface area contributed by atoms with Gasteiger partial charge in [-0.1, -0.05) is 37.2 Å². The molecule has 3 heterocycles. The number of nitrogens with zero attached hydrogens (tertiary/aromatic N) is 2. The van der Waals surface area contributed by atoms with Gasteiger partial charge in [0.15, 0.2) is 5.65 Å². The molecule has 0 aliphatic carbocycles. The van der Waals surface area contributed by atoms with Gasteiger partial charge >= 0.3 is 0 Å². The fourth-order valence-electron chi connectivity index (χ4n) is 4.26. The van der Waals surface area contributed by atoms with Crippen molar-refractivity contribution in [3.05, 3.63) is 112 Å². The van der Waals surface area contributed by atoms with Gasteiger partial charge < -0.3 is 15.6 Å². The van der Waals surface area contributed by atoms with E-state index in [1.54, 1.807) is 30.9 Å². The van der Waals surface area contributed by atoms with E-state index in [1.165, 1.54) is 6.07 Å². The van der Waals surface area contributed by atoms with Crippen molar-refractivity contribution in [2.75, 3.05) is 10.6 Å². The minimum absolute atomic E-state index is 0.0737. The van der Waals surface area contributed by atoms with Crippen LogP contribution in [0.15, 0.2) is 93.6 Å². The quantitative estimate of drug-likeness (QED) is 0.197. The molecule has 196 valence electrons. The summed E-state index contributed by atoms with van der Waals surface area (Å²) in [6.45, 7) is 5.98. The Balaban J connectivity index is 1.39. The number of rotatable bonds is 8. The van der Waals surface area contributed by atoms with Crippen LogP contribution in [-0.2, 0) is 6.42 Å². The number of pyridine rings is 3. The molecule has 39 heavy (non-hydrogen) atoms. The summed E-state index contributed by atoms with van der Waals surface area (Å²) in [4.78, 5) is 38.8. The van der Waals surface area contributed by atoms with E-state index in [0.29, 0.717) is 11.4 Å². The molecule has 5 aromatic rings. The second-order valence-corrected chi connectivity index (χ2v) is 10.5. The van der Waals surface area contributed by atoms with Crippen LogP contribution in [0.1, 0.15) is 40.7 Å². The highest BCUT2D eigenvalue weighted by Crippen LogP contribution is 2.37. The van der Waals surface area contributed by atoms with Gasteiger partial charge in [-0.05, 0) is 86.5 Å². The van der Waals surface area contributed by atoms with E-state index < -0.39 is 11.5 Å². The van der Waals surface area contributed by atoms with Crippen LogP contribution in [0.25, 0.3) is 11.0 Å². The zero-order valence-corrected chi connectivity index (χ0v) is 22.9. The number of nitrogens with one attached hydrogen (secondary N) is 3. The van der Waals surface area contributed by atoms with Crippen molar-refractivity contribution in [1.29, 1.82) is 0 Å². The van der Waals surface area contributed by atoms with E-state index in [-0.39, 0.29) is 5.56 Å². The van der Waals surface area contributed by atoms with Gasteiger partial charge in [0, 0.05) is 38.4 Å². The molecule has 7 nitrogen and oxygen atoms in total. The summed E-state index contributed by atoms with van der Waals surface area (Å²) in [6.07, 6.45) is 3.74. The number of carbonyl (C=O) groups excluding carboxylic acids is 1. The van der Waals surface area contributed by atoms with Crippen LogP contribution in [-0.4, -0.2) is 20.9 Å². The lowest BCUT2D eigenvalue weighted by Crippen LogP contribution is -2.23. The number of aryl methyl sites for hydroxylation is 3. The SMILES string of the molecule is CCCc1ccc2c(Nc3cc(C)ccc3Sc3cccc(NC(=O)c4ccc(C)[nH]c4=O)c3)ccnc2n1. The van der Waals surface area contributed by atoms with Crippen molar-refractivity contribution < 1.29 is 4.79 Å². The van der Waals surface area contributed by atoms with Crippen LogP contribution in [0.4, 0.5) is 17.1 Å². The fourth-order valence-corrected chi connectivity index (χ4v) is 5.20. The van der Waals surface area contributed by atoms with Gasteiger partial charge in [-0.2, -0.15) is 0 Å². The van der Waals surface area contributed by atoms with Crippen molar-refractivity contribution >= 4 is 45.8 Å². The average molecular weight is 536 g/mol. The predicted molar refractivity (Wildman–Crippen MR) is 158 cm³/mol. The molecule has 0 spiro atoms. The maximum Gasteiger partial charge on any atom is 0.261 e. The number of amides is 1. The first kappa shape index (κ1) is 26.2. The Kier molecular flexibility index (Phi) is 7.74. The molecule has 0 radical (unpaired) electrons. The molecule has 8 heteroatoms. The lowest BCUT2D eigenvalue weighted by atomic mass is 10.1. The van der Waals surface area contributed by atoms with Gasteiger partial charge in [0.05, 0.1) is 11.4 Å². The molecular formula is C31H29N5O2S. The topological polar surface area (TPSA) is 99.8 Å². The average Bonchev–Trinajstić information content (AvgIpc) is 2.90. The molecule has 0 unspecified atom stereocenters. The minimum Gasteiger partial charge on any atom is -0.354 e. The number of aromatic nitrogens is 3. The van der Waals surface area contributed by atoms with Crippen LogP contribution in [0, 0.1) is 13.8 Å². The van der Waals surface area contributed by atoms with Gasteiger partial charge in [-0.15, -0.1) is 0 Å². The molecule has 3 N–H and O–H groups in total.